The molecule has 0 aromatic rings. The van der Waals surface area contributed by atoms with Gasteiger partial charge in [0.15, 0.2) is 0 Å². The number of nitrogens with two attached hydrogens (primary N) is 2. The van der Waals surface area contributed by atoms with Crippen molar-refractivity contribution in [2.75, 3.05) is 100 Å². The van der Waals surface area contributed by atoms with E-state index in [0.717, 1.165) is 44.4 Å². The second-order valence-electron chi connectivity index (χ2n) is 27.1. The summed E-state index contributed by atoms with van der Waals surface area (Å²) >= 11 is 0. The first kappa shape index (κ1) is 67.4. The van der Waals surface area contributed by atoms with Crippen LogP contribution in [0.15, 0.2) is 24.8 Å². The predicted octanol–water partition coefficient (Wildman–Crippen LogP) is 10.3. The zero-order valence-corrected chi connectivity index (χ0v) is 50.6. The Labute approximate surface area is 432 Å². The molecule has 5 heterocycles. The van der Waals surface area contributed by atoms with Crippen molar-refractivity contribution in [2.24, 2.45) is 22.8 Å². The van der Waals surface area contributed by atoms with Gasteiger partial charge in [-0.05, 0) is 220 Å². The van der Waals surface area contributed by atoms with Gasteiger partial charge in [0.25, 0.3) is 0 Å². The molecule has 11 nitrogen and oxygen atoms in total. The molecule has 5 rings (SSSR count). The van der Waals surface area contributed by atoms with Gasteiger partial charge in [0.2, 0.25) is 0 Å². The standard InChI is InChI=1S/2C11H23N3.C10H22N2.C10H21N.C9H19N.C7H17N/c1-9(12)13-10-5-7-14(8-6-10)11(2,3)4;1-9(2)14-7-5-11(6-8-14)13(4)10(3)12;1-10(2,3)12-7-5-9(11-4)6-8-12;1-9-5-7-11(8-6-9)10(2,3)4;1-9(2,3)10-7-5-4-6-8-10;1-7(2,3)6-8(4)5/h10,13H,1,5-8,12H2,2-4H3;9,11H,3,5-8,12H2,1-2,4H3;9,11H,5-8H2,1-4H3;9H,5-8H2,1-4H3;4-8H2,1-3H3;6H2,1-5H3. The van der Waals surface area contributed by atoms with Crippen molar-refractivity contribution < 1.29 is 0 Å². The van der Waals surface area contributed by atoms with E-state index in [1.54, 1.807) is 0 Å². The number of hydrogen-bond acceptors (Lipinski definition) is 11. The van der Waals surface area contributed by atoms with Crippen LogP contribution in [0.2, 0.25) is 0 Å². The van der Waals surface area contributed by atoms with Crippen molar-refractivity contribution in [1.82, 2.24) is 44.9 Å². The Morgan fingerprint density at radius 1 is 0.536 bits per heavy atom. The average Bonchev–Trinajstić information content (AvgIpc) is 3.23. The van der Waals surface area contributed by atoms with E-state index in [-0.39, 0.29) is 0 Å². The Hall–Kier alpha value is -1.60. The smallest absolute Gasteiger partial charge is 0.0912 e. The first-order chi connectivity index (χ1) is 31.5. The maximum Gasteiger partial charge on any atom is 0.0912 e. The largest absolute Gasteiger partial charge is 0.386 e. The van der Waals surface area contributed by atoms with E-state index in [1.165, 1.54) is 110 Å². The second-order valence-corrected chi connectivity index (χ2v) is 27.1. The minimum Gasteiger partial charge on any atom is -0.386 e. The number of rotatable bonds is 7. The lowest BCUT2D eigenvalue weighted by Gasteiger charge is -2.41. The third kappa shape index (κ3) is 31.6. The van der Waals surface area contributed by atoms with E-state index in [0.29, 0.717) is 57.3 Å². The molecule has 0 bridgehead atoms. The van der Waals surface area contributed by atoms with Gasteiger partial charge < -0.3 is 36.8 Å². The Balaban J connectivity index is 0.000000812. The second kappa shape index (κ2) is 31.9. The summed E-state index contributed by atoms with van der Waals surface area (Å²) in [4.78, 5) is 17.1. The van der Waals surface area contributed by atoms with Crippen LogP contribution in [0.4, 0.5) is 0 Å². The molecule has 5 aliphatic rings. The van der Waals surface area contributed by atoms with E-state index in [9.17, 15) is 0 Å². The molecule has 0 amide bonds. The molecule has 0 aromatic carbocycles. The van der Waals surface area contributed by atoms with Crippen LogP contribution < -0.4 is 22.1 Å². The van der Waals surface area contributed by atoms with Crippen LogP contribution in [0.1, 0.15) is 195 Å². The molecule has 0 radical (unpaired) electrons. The number of hydrogen-bond donors (Lipinski definition) is 4. The highest BCUT2D eigenvalue weighted by Gasteiger charge is 2.29. The lowest BCUT2D eigenvalue weighted by molar-refractivity contribution is 0.0916. The van der Waals surface area contributed by atoms with Crippen LogP contribution >= 0.6 is 0 Å². The van der Waals surface area contributed by atoms with E-state index in [2.05, 4.69) is 204 Å². The molecule has 0 aromatic heterocycles. The summed E-state index contributed by atoms with van der Waals surface area (Å²) < 4.78 is 0. The lowest BCUT2D eigenvalue weighted by atomic mass is 9.95. The minimum atomic E-state index is 0.296. The summed E-state index contributed by atoms with van der Waals surface area (Å²) in [7, 11) is 8.31. The number of piperidine rings is 5. The topological polar surface area (TPSA) is 98.8 Å². The molecule has 0 aliphatic carbocycles. The molecule has 6 N–H and O–H groups in total. The van der Waals surface area contributed by atoms with Gasteiger partial charge in [-0.25, -0.2) is 0 Å². The molecule has 69 heavy (non-hydrogen) atoms. The highest BCUT2D eigenvalue weighted by Crippen LogP contribution is 2.24. The van der Waals surface area contributed by atoms with Crippen molar-refractivity contribution >= 4 is 0 Å². The molecule has 5 aliphatic heterocycles. The summed E-state index contributed by atoms with van der Waals surface area (Å²) in [6, 6.07) is 2.53. The molecule has 412 valence electrons. The number of likely N-dealkylation sites (tertiary alicyclic amines) is 5. The van der Waals surface area contributed by atoms with Crippen LogP contribution in [0.3, 0.4) is 0 Å². The van der Waals surface area contributed by atoms with Gasteiger partial charge in [0.1, 0.15) is 0 Å². The van der Waals surface area contributed by atoms with Gasteiger partial charge in [-0.2, -0.15) is 0 Å². The van der Waals surface area contributed by atoms with Gasteiger partial charge in [-0.1, -0.05) is 47.3 Å². The van der Waals surface area contributed by atoms with E-state index in [4.69, 9.17) is 11.5 Å². The van der Waals surface area contributed by atoms with E-state index in [1.807, 2.05) is 7.05 Å². The van der Waals surface area contributed by atoms with Crippen molar-refractivity contribution in [1.29, 1.82) is 0 Å². The van der Waals surface area contributed by atoms with Crippen LogP contribution in [-0.4, -0.2) is 181 Å². The first-order valence-electron chi connectivity index (χ1n) is 27.9. The maximum atomic E-state index is 5.68. The molecule has 0 spiro atoms. The Morgan fingerprint density at radius 3 is 1.14 bits per heavy atom. The van der Waals surface area contributed by atoms with Crippen LogP contribution in [-0.2, 0) is 0 Å². The Kier molecular flexibility index (Phi) is 31.1. The quantitative estimate of drug-likeness (QED) is 0.196. The third-order valence-electron chi connectivity index (χ3n) is 14.7. The van der Waals surface area contributed by atoms with Gasteiger partial charge in [-0.3, -0.25) is 19.6 Å². The van der Waals surface area contributed by atoms with Gasteiger partial charge in [0.05, 0.1) is 11.6 Å². The molecule has 0 unspecified atom stereocenters. The Bertz CT molecular complexity index is 1310. The van der Waals surface area contributed by atoms with Crippen molar-refractivity contribution in [3.8, 4) is 0 Å². The molecule has 0 saturated carbocycles. The number of nitrogens with zero attached hydrogens (tertiary/aromatic N) is 7. The fourth-order valence-electron chi connectivity index (χ4n) is 10.0. The number of nitrogens with one attached hydrogen (secondary N) is 2. The maximum absolute atomic E-state index is 5.68. The molecule has 11 heteroatoms. The molecule has 5 saturated heterocycles. The summed E-state index contributed by atoms with van der Waals surface area (Å²) in [5.41, 5.74) is 13.1. The predicted molar refractivity (Wildman–Crippen MR) is 308 cm³/mol. The third-order valence-corrected chi connectivity index (χ3v) is 14.7. The first-order valence-corrected chi connectivity index (χ1v) is 27.9. The van der Waals surface area contributed by atoms with Crippen molar-refractivity contribution in [3.63, 3.8) is 0 Å². The average molecular weight is 977 g/mol. The van der Waals surface area contributed by atoms with Gasteiger partial charge >= 0.3 is 0 Å². The fourth-order valence-corrected chi connectivity index (χ4v) is 10.0. The molecule has 0 atom stereocenters. The van der Waals surface area contributed by atoms with Crippen molar-refractivity contribution in [2.45, 2.75) is 242 Å². The van der Waals surface area contributed by atoms with Crippen LogP contribution in [0, 0.1) is 11.3 Å². The summed E-state index contributed by atoms with van der Waals surface area (Å²) in [6.45, 7) is 62.1. The zero-order chi connectivity index (χ0) is 53.6. The van der Waals surface area contributed by atoms with Crippen molar-refractivity contribution in [3.05, 3.63) is 24.8 Å². The highest BCUT2D eigenvalue weighted by molar-refractivity contribution is 4.93. The van der Waals surface area contributed by atoms with E-state index >= 15 is 0 Å². The fraction of sp³-hybridized carbons (Fsp3) is 0.931. The lowest BCUT2D eigenvalue weighted by Crippen LogP contribution is -2.50. The molecular weight excluding hydrogens is 851 g/mol. The summed E-state index contributed by atoms with van der Waals surface area (Å²) in [5.74, 6) is 2.24. The zero-order valence-electron chi connectivity index (χ0n) is 50.6. The molecule has 5 fully saturated rings. The normalized spacial score (nSPS) is 20.9. The highest BCUT2D eigenvalue weighted by atomic mass is 15.2. The van der Waals surface area contributed by atoms with E-state index < -0.39 is 0 Å². The summed E-state index contributed by atoms with van der Waals surface area (Å²) in [5, 5.41) is 6.56. The summed E-state index contributed by atoms with van der Waals surface area (Å²) in [6.07, 6.45) is 14.3. The van der Waals surface area contributed by atoms with Crippen LogP contribution in [0.25, 0.3) is 0 Å². The van der Waals surface area contributed by atoms with Gasteiger partial charge in [-0.15, -0.1) is 0 Å². The minimum absolute atomic E-state index is 0.296. The molecular formula is C58H125N11. The van der Waals surface area contributed by atoms with Gasteiger partial charge in [0, 0.05) is 99.2 Å². The monoisotopic (exact) mass is 976 g/mol. The SMILES string of the molecule is C=C(N)N(C)C1CCN(C(C)C)CC1.C=C(N)NC1CCN(C(C)(C)C)CC1.CC(C)(C)N1CCCCC1.CC1CCN(C(C)(C)C)CC1.CN(C)CC(C)(C)C.CNC1CCN(C(C)(C)C)CC1. The van der Waals surface area contributed by atoms with Crippen LogP contribution in [0.5, 0.6) is 0 Å². The Morgan fingerprint density at radius 2 is 0.884 bits per heavy atom.